The van der Waals surface area contributed by atoms with Crippen molar-refractivity contribution in [2.24, 2.45) is 5.92 Å². The predicted molar refractivity (Wildman–Crippen MR) is 239 cm³/mol. The Kier molecular flexibility index (Phi) is 12.3. The third-order valence-corrected chi connectivity index (χ3v) is 15.5. The van der Waals surface area contributed by atoms with Crippen LogP contribution in [0.5, 0.6) is 0 Å². The van der Waals surface area contributed by atoms with E-state index in [-0.39, 0.29) is 26.1 Å². The van der Waals surface area contributed by atoms with Crippen molar-refractivity contribution in [2.75, 3.05) is 0 Å². The first-order chi connectivity index (χ1) is 27.4. The molecular weight excluding hydrogens is 951 g/mol. The molecule has 0 spiro atoms. The summed E-state index contributed by atoms with van der Waals surface area (Å²) >= 11 is -1.90. The first-order valence-corrected chi connectivity index (χ1v) is 27.9. The molecule has 0 saturated carbocycles. The number of pyridine rings is 3. The Morgan fingerprint density at radius 2 is 1.62 bits per heavy atom. The fourth-order valence-corrected chi connectivity index (χ4v) is 11.9. The molecule has 58 heavy (non-hydrogen) atoms. The van der Waals surface area contributed by atoms with Gasteiger partial charge < -0.3 is 8.98 Å². The molecular formula is C50H53GeIrN5O-2. The molecule has 5 heterocycles. The summed E-state index contributed by atoms with van der Waals surface area (Å²) in [6, 6.07) is 32.2. The van der Waals surface area contributed by atoms with Gasteiger partial charge in [-0.3, -0.25) is 9.97 Å². The second-order valence-electron chi connectivity index (χ2n) is 17.4. The van der Waals surface area contributed by atoms with Crippen molar-refractivity contribution in [1.82, 2.24) is 24.5 Å². The number of nitrogens with zero attached hydrogens (tertiary/aromatic N) is 5. The number of furan rings is 1. The van der Waals surface area contributed by atoms with Gasteiger partial charge in [-0.1, -0.05) is 48.2 Å². The normalized spacial score (nSPS) is 12.9. The summed E-state index contributed by atoms with van der Waals surface area (Å²) < 4.78 is 10.2. The molecule has 0 atom stereocenters. The van der Waals surface area contributed by atoms with E-state index in [1.54, 1.807) is 4.40 Å². The average molecular weight is 1000 g/mol. The Morgan fingerprint density at radius 3 is 2.36 bits per heavy atom. The maximum atomic E-state index is 6.43. The second kappa shape index (κ2) is 17.0. The van der Waals surface area contributed by atoms with Gasteiger partial charge >= 0.3 is 150 Å². The van der Waals surface area contributed by atoms with Crippen LogP contribution in [0.15, 0.2) is 89.6 Å². The van der Waals surface area contributed by atoms with Crippen molar-refractivity contribution in [2.45, 2.75) is 97.0 Å². The minimum Gasteiger partial charge on any atom is -0.486 e. The largest absolute Gasteiger partial charge is 0.486 e. The standard InChI is InChI=1S/C28H23N4O.C22H30GeN.Ir/c1-16(2)32-25-18(4)29-15-14-23(25)30-27(32)21-11-10-17(3)24-20-12-13-22(19-8-6-5-7-9-19)31-28(20)33-26(21)24;1-16(2)13-18-14-22(24-15-21(18)23(3,4)5)20-12-8-10-17-9-6-7-11-19(17)20;/h5-10,12-16H,1-4H3;8,10,14-16H,6-7,9,11,13H2,1-5H3;/q2*-1;. The van der Waals surface area contributed by atoms with E-state index in [1.807, 2.05) is 43.5 Å². The van der Waals surface area contributed by atoms with Crippen LogP contribution in [0.1, 0.15) is 74.5 Å². The Hall–Kier alpha value is -4.43. The minimum absolute atomic E-state index is 0. The Bertz CT molecular complexity index is 2740. The van der Waals surface area contributed by atoms with Gasteiger partial charge in [0.2, 0.25) is 5.71 Å². The third kappa shape index (κ3) is 8.10. The summed E-state index contributed by atoms with van der Waals surface area (Å²) in [7, 11) is 0. The first-order valence-electron chi connectivity index (χ1n) is 20.5. The van der Waals surface area contributed by atoms with Crippen molar-refractivity contribution in [3.05, 3.63) is 125 Å². The van der Waals surface area contributed by atoms with Crippen LogP contribution in [0.2, 0.25) is 17.3 Å². The molecule has 0 bridgehead atoms. The Labute approximate surface area is 359 Å². The molecule has 3 aromatic carbocycles. The molecule has 5 aromatic heterocycles. The van der Waals surface area contributed by atoms with Gasteiger partial charge in [0.05, 0.1) is 33.8 Å². The fraction of sp³-hybridized carbons (Fsp3) is 0.320. The van der Waals surface area contributed by atoms with Crippen molar-refractivity contribution >= 4 is 50.8 Å². The van der Waals surface area contributed by atoms with Gasteiger partial charge in [-0.15, -0.1) is 17.7 Å². The van der Waals surface area contributed by atoms with E-state index in [0.29, 0.717) is 11.6 Å². The summed E-state index contributed by atoms with van der Waals surface area (Å²) in [6.45, 7) is 13.1. The molecule has 299 valence electrons. The molecule has 0 aliphatic heterocycles. The van der Waals surface area contributed by atoms with Crippen LogP contribution in [0, 0.1) is 31.9 Å². The van der Waals surface area contributed by atoms with Gasteiger partial charge in [-0.05, 0) is 39.0 Å². The summed E-state index contributed by atoms with van der Waals surface area (Å²) in [5.74, 6) is 8.92. The maximum Gasteiger partial charge on any atom is 0.216 e. The molecule has 8 aromatic rings. The monoisotopic (exact) mass is 1010 g/mol. The second-order valence-corrected chi connectivity index (χ2v) is 27.9. The fourth-order valence-electron chi connectivity index (χ4n) is 8.54. The SMILES string of the molecule is CC(C)Cc1cc(-c2[c-]ccc3c2CCCC3)nc[c]1[Ge]([CH3])([CH3])[CH3].Cc1c[c-]c(-c2nc3ccnc(C)c3n2C(C)C)c2oc3nc(-c4ccccc4)ccc3c12.[Ir]. The third-order valence-electron chi connectivity index (χ3n) is 11.2. The number of hydrogen-bond donors (Lipinski definition) is 0. The van der Waals surface area contributed by atoms with Crippen molar-refractivity contribution in [3.8, 4) is 33.9 Å². The summed E-state index contributed by atoms with van der Waals surface area (Å²) in [4.78, 5) is 19.3. The van der Waals surface area contributed by atoms with Gasteiger partial charge in [-0.2, -0.15) is 0 Å². The molecule has 1 aliphatic rings. The quantitative estimate of drug-likeness (QED) is 0.118. The summed E-state index contributed by atoms with van der Waals surface area (Å²) in [5.41, 5.74) is 15.2. The number of aromatic nitrogens is 5. The number of hydrogen-bond acceptors (Lipinski definition) is 5. The average Bonchev–Trinajstić information content (AvgIpc) is 3.78. The topological polar surface area (TPSA) is 69.6 Å². The van der Waals surface area contributed by atoms with Crippen molar-refractivity contribution in [3.63, 3.8) is 0 Å². The molecule has 1 radical (unpaired) electrons. The van der Waals surface area contributed by atoms with Crippen LogP contribution in [-0.2, 0) is 39.4 Å². The minimum atomic E-state index is -1.90. The van der Waals surface area contributed by atoms with Gasteiger partial charge in [0, 0.05) is 43.3 Å². The van der Waals surface area contributed by atoms with Crippen molar-refractivity contribution in [1.29, 1.82) is 0 Å². The number of imidazole rings is 1. The molecule has 0 saturated heterocycles. The van der Waals surface area contributed by atoms with E-state index in [0.717, 1.165) is 73.4 Å². The molecule has 8 heteroatoms. The smallest absolute Gasteiger partial charge is 0.216 e. The first kappa shape index (κ1) is 41.7. The Balaban J connectivity index is 0.000000183. The number of aryl methyl sites for hydroxylation is 3. The van der Waals surface area contributed by atoms with E-state index in [4.69, 9.17) is 19.4 Å². The van der Waals surface area contributed by atoms with Crippen LogP contribution < -0.4 is 4.40 Å². The van der Waals surface area contributed by atoms with Crippen LogP contribution in [0.4, 0.5) is 0 Å². The van der Waals surface area contributed by atoms with Gasteiger partial charge in [0.25, 0.3) is 0 Å². The van der Waals surface area contributed by atoms with E-state index >= 15 is 0 Å². The van der Waals surface area contributed by atoms with Crippen LogP contribution in [0.3, 0.4) is 0 Å². The number of fused-ring (bicyclic) bond motifs is 5. The van der Waals surface area contributed by atoms with Gasteiger partial charge in [0.15, 0.2) is 0 Å². The summed E-state index contributed by atoms with van der Waals surface area (Å²) in [6.07, 6.45) is 10.2. The zero-order chi connectivity index (χ0) is 40.0. The van der Waals surface area contributed by atoms with Crippen LogP contribution in [0.25, 0.3) is 67.0 Å². The van der Waals surface area contributed by atoms with E-state index < -0.39 is 13.3 Å². The predicted octanol–water partition coefficient (Wildman–Crippen LogP) is 12.2. The molecule has 0 N–H and O–H groups in total. The van der Waals surface area contributed by atoms with Crippen LogP contribution in [-0.4, -0.2) is 37.8 Å². The number of rotatable bonds is 7. The van der Waals surface area contributed by atoms with E-state index in [9.17, 15) is 0 Å². The number of benzene rings is 3. The molecule has 0 fully saturated rings. The molecule has 0 unspecified atom stereocenters. The zero-order valence-electron chi connectivity index (χ0n) is 35.3. The summed E-state index contributed by atoms with van der Waals surface area (Å²) in [5, 5.41) is 2.06. The molecule has 6 nitrogen and oxygen atoms in total. The van der Waals surface area contributed by atoms with Gasteiger partial charge in [0.1, 0.15) is 0 Å². The molecule has 0 amide bonds. The van der Waals surface area contributed by atoms with E-state index in [2.05, 4.69) is 122 Å². The molecule has 9 rings (SSSR count). The van der Waals surface area contributed by atoms with E-state index in [1.165, 1.54) is 47.9 Å². The van der Waals surface area contributed by atoms with Crippen LogP contribution >= 0.6 is 0 Å². The zero-order valence-corrected chi connectivity index (χ0v) is 39.7. The van der Waals surface area contributed by atoms with Gasteiger partial charge in [-0.25, -0.2) is 4.98 Å². The maximum absolute atomic E-state index is 6.43. The molecule has 1 aliphatic carbocycles. The van der Waals surface area contributed by atoms with Crippen molar-refractivity contribution < 1.29 is 24.5 Å². The Morgan fingerprint density at radius 1 is 0.845 bits per heavy atom.